The molecular formula is C11H13NO5. The number of carbonyl (C=O) groups is 2. The average Bonchev–Trinajstić information content (AvgIpc) is 2.83. The van der Waals surface area contributed by atoms with Crippen LogP contribution in [0.5, 0.6) is 0 Å². The highest BCUT2D eigenvalue weighted by atomic mass is 16.7. The van der Waals surface area contributed by atoms with Crippen LogP contribution in [0.25, 0.3) is 0 Å². The quantitative estimate of drug-likeness (QED) is 0.798. The number of ether oxygens (including phenoxy) is 2. The van der Waals surface area contributed by atoms with E-state index >= 15 is 0 Å². The van der Waals surface area contributed by atoms with Crippen molar-refractivity contribution in [3.8, 4) is 0 Å². The summed E-state index contributed by atoms with van der Waals surface area (Å²) in [6.45, 7) is 2.03. The topological polar surface area (TPSA) is 77.8 Å². The van der Waals surface area contributed by atoms with Crippen LogP contribution in [0.3, 0.4) is 0 Å². The Bertz CT molecular complexity index is 402. The zero-order valence-electron chi connectivity index (χ0n) is 9.39. The van der Waals surface area contributed by atoms with E-state index in [1.807, 2.05) is 0 Å². The van der Waals surface area contributed by atoms with Crippen molar-refractivity contribution in [2.24, 2.45) is 5.41 Å². The van der Waals surface area contributed by atoms with Gasteiger partial charge >= 0.3 is 6.16 Å². The van der Waals surface area contributed by atoms with Crippen molar-refractivity contribution in [1.29, 1.82) is 0 Å². The lowest BCUT2D eigenvalue weighted by atomic mass is 9.91. The van der Waals surface area contributed by atoms with E-state index in [9.17, 15) is 9.59 Å². The second-order valence-electron chi connectivity index (χ2n) is 4.15. The molecule has 0 radical (unpaired) electrons. The van der Waals surface area contributed by atoms with Crippen molar-refractivity contribution >= 4 is 12.1 Å². The molecule has 0 unspecified atom stereocenters. The molecule has 0 aliphatic carbocycles. The molecule has 17 heavy (non-hydrogen) atoms. The zero-order chi connectivity index (χ0) is 12.3. The maximum absolute atomic E-state index is 11.9. The normalized spacial score (nSPS) is 18.1. The molecule has 0 bridgehead atoms. The van der Waals surface area contributed by atoms with Gasteiger partial charge in [0, 0.05) is 0 Å². The minimum absolute atomic E-state index is 0.0236. The van der Waals surface area contributed by atoms with Gasteiger partial charge in [-0.05, 0) is 19.1 Å². The third-order valence-electron chi connectivity index (χ3n) is 2.57. The summed E-state index contributed by atoms with van der Waals surface area (Å²) in [5, 5.41) is 2.71. The Morgan fingerprint density at radius 2 is 2.18 bits per heavy atom. The van der Waals surface area contributed by atoms with Crippen molar-refractivity contribution in [2.45, 2.75) is 13.5 Å². The molecule has 0 aromatic carbocycles. The van der Waals surface area contributed by atoms with E-state index in [-0.39, 0.29) is 19.1 Å². The summed E-state index contributed by atoms with van der Waals surface area (Å²) in [7, 11) is 0. The molecule has 2 rings (SSSR count). The summed E-state index contributed by atoms with van der Waals surface area (Å²) in [5.74, 6) is 0.428. The minimum Gasteiger partial charge on any atom is -0.467 e. The predicted octanol–water partition coefficient (Wildman–Crippen LogP) is 1.07. The molecule has 1 aliphatic rings. The summed E-state index contributed by atoms with van der Waals surface area (Å²) in [6, 6.07) is 3.51. The van der Waals surface area contributed by atoms with E-state index in [1.165, 1.54) is 6.26 Å². The number of amides is 1. The third kappa shape index (κ3) is 2.58. The first-order valence-corrected chi connectivity index (χ1v) is 5.20. The van der Waals surface area contributed by atoms with Crippen LogP contribution in [-0.4, -0.2) is 25.3 Å². The van der Waals surface area contributed by atoms with Gasteiger partial charge in [0.2, 0.25) is 5.91 Å². The second-order valence-corrected chi connectivity index (χ2v) is 4.15. The minimum atomic E-state index is -0.847. The Labute approximate surface area is 97.9 Å². The van der Waals surface area contributed by atoms with Crippen molar-refractivity contribution < 1.29 is 23.5 Å². The molecule has 1 fully saturated rings. The van der Waals surface area contributed by atoms with Crippen LogP contribution >= 0.6 is 0 Å². The highest BCUT2D eigenvalue weighted by molar-refractivity contribution is 5.83. The van der Waals surface area contributed by atoms with Crippen LogP contribution in [-0.2, 0) is 20.8 Å². The molecule has 1 N–H and O–H groups in total. The molecule has 1 amide bonds. The fraction of sp³-hybridized carbons (Fsp3) is 0.455. The Morgan fingerprint density at radius 1 is 1.47 bits per heavy atom. The van der Waals surface area contributed by atoms with Gasteiger partial charge in [0.25, 0.3) is 0 Å². The number of cyclic esters (lactones) is 2. The summed E-state index contributed by atoms with van der Waals surface area (Å²) in [5.41, 5.74) is -0.847. The van der Waals surface area contributed by atoms with E-state index in [0.29, 0.717) is 12.3 Å². The molecule has 6 heteroatoms. The van der Waals surface area contributed by atoms with E-state index in [1.54, 1.807) is 19.1 Å². The maximum Gasteiger partial charge on any atom is 0.508 e. The summed E-state index contributed by atoms with van der Waals surface area (Å²) >= 11 is 0. The van der Waals surface area contributed by atoms with Crippen LogP contribution in [0, 0.1) is 5.41 Å². The van der Waals surface area contributed by atoms with Crippen LogP contribution < -0.4 is 5.32 Å². The average molecular weight is 239 g/mol. The van der Waals surface area contributed by atoms with Gasteiger partial charge in [0.15, 0.2) is 0 Å². The standard InChI is InChI=1S/C11H13NO5/c1-11(6-16-10(14)17-7-11)9(13)12-5-8-3-2-4-15-8/h2-4H,5-7H2,1H3,(H,12,13). The third-order valence-corrected chi connectivity index (χ3v) is 2.57. The van der Waals surface area contributed by atoms with Gasteiger partial charge in [-0.25, -0.2) is 4.79 Å². The van der Waals surface area contributed by atoms with Crippen molar-refractivity contribution in [3.05, 3.63) is 24.2 Å². The first-order valence-electron chi connectivity index (χ1n) is 5.20. The number of hydrogen-bond acceptors (Lipinski definition) is 5. The van der Waals surface area contributed by atoms with E-state index in [2.05, 4.69) is 5.32 Å². The predicted molar refractivity (Wildman–Crippen MR) is 56.0 cm³/mol. The first-order chi connectivity index (χ1) is 8.10. The van der Waals surface area contributed by atoms with E-state index in [0.717, 1.165) is 0 Å². The zero-order valence-corrected chi connectivity index (χ0v) is 9.39. The largest absolute Gasteiger partial charge is 0.508 e. The fourth-order valence-electron chi connectivity index (χ4n) is 1.44. The Hall–Kier alpha value is -1.98. The van der Waals surface area contributed by atoms with Gasteiger partial charge in [-0.15, -0.1) is 0 Å². The highest BCUT2D eigenvalue weighted by Gasteiger charge is 2.40. The van der Waals surface area contributed by atoms with Crippen molar-refractivity contribution in [1.82, 2.24) is 5.32 Å². The number of rotatable bonds is 3. The van der Waals surface area contributed by atoms with Gasteiger partial charge in [0.1, 0.15) is 24.4 Å². The number of nitrogens with one attached hydrogen (secondary N) is 1. The summed E-state index contributed by atoms with van der Waals surface area (Å²) < 4.78 is 14.5. The van der Waals surface area contributed by atoms with E-state index in [4.69, 9.17) is 13.9 Å². The second kappa shape index (κ2) is 4.48. The molecule has 6 nitrogen and oxygen atoms in total. The number of hydrogen-bond donors (Lipinski definition) is 1. The van der Waals surface area contributed by atoms with E-state index < -0.39 is 11.6 Å². The summed E-state index contributed by atoms with van der Waals surface area (Å²) in [4.78, 5) is 22.6. The van der Waals surface area contributed by atoms with Gasteiger partial charge in [-0.3, -0.25) is 4.79 Å². The number of carbonyl (C=O) groups excluding carboxylic acids is 2. The molecule has 92 valence electrons. The van der Waals surface area contributed by atoms with Crippen LogP contribution in [0.1, 0.15) is 12.7 Å². The number of furan rings is 1. The first kappa shape index (κ1) is 11.5. The van der Waals surface area contributed by atoms with Crippen LogP contribution in [0.4, 0.5) is 4.79 Å². The van der Waals surface area contributed by atoms with Gasteiger partial charge in [-0.2, -0.15) is 0 Å². The van der Waals surface area contributed by atoms with Crippen LogP contribution in [0.2, 0.25) is 0 Å². The molecule has 0 atom stereocenters. The Kier molecular flexibility index (Phi) is 3.03. The van der Waals surface area contributed by atoms with Crippen molar-refractivity contribution in [3.63, 3.8) is 0 Å². The van der Waals surface area contributed by atoms with Gasteiger partial charge < -0.3 is 19.2 Å². The monoisotopic (exact) mass is 239 g/mol. The lowest BCUT2D eigenvalue weighted by Crippen LogP contribution is -2.48. The highest BCUT2D eigenvalue weighted by Crippen LogP contribution is 2.22. The van der Waals surface area contributed by atoms with Gasteiger partial charge in [-0.1, -0.05) is 0 Å². The molecule has 1 saturated heterocycles. The molecule has 1 aromatic heterocycles. The molecule has 2 heterocycles. The molecule has 1 aromatic rings. The molecule has 0 spiro atoms. The van der Waals surface area contributed by atoms with Crippen molar-refractivity contribution in [2.75, 3.05) is 13.2 Å². The molecular weight excluding hydrogens is 226 g/mol. The fourth-order valence-corrected chi connectivity index (χ4v) is 1.44. The lowest BCUT2D eigenvalue weighted by Gasteiger charge is -2.30. The Morgan fingerprint density at radius 3 is 2.76 bits per heavy atom. The SMILES string of the molecule is CC1(C(=O)NCc2ccco2)COC(=O)OC1. The molecule has 1 aliphatic heterocycles. The van der Waals surface area contributed by atoms with Gasteiger partial charge in [0.05, 0.1) is 12.8 Å². The smallest absolute Gasteiger partial charge is 0.467 e. The van der Waals surface area contributed by atoms with Crippen LogP contribution in [0.15, 0.2) is 22.8 Å². The lowest BCUT2D eigenvalue weighted by molar-refractivity contribution is -0.141. The Balaban J connectivity index is 1.88. The molecule has 0 saturated carbocycles. The maximum atomic E-state index is 11.9. The summed E-state index contributed by atoms with van der Waals surface area (Å²) in [6.07, 6.45) is 0.802.